The van der Waals surface area contributed by atoms with E-state index >= 15 is 0 Å². The largest absolute Gasteiger partial charge is 0.388 e. The number of amides is 1. The van der Waals surface area contributed by atoms with Crippen LogP contribution in [0.4, 0.5) is 5.69 Å². The molecule has 0 aliphatic carbocycles. The third kappa shape index (κ3) is 2.49. The molecule has 0 aromatic heterocycles. The second-order valence-electron chi connectivity index (χ2n) is 3.60. The fourth-order valence-corrected chi connectivity index (χ4v) is 1.44. The molecule has 0 spiro atoms. The van der Waals surface area contributed by atoms with Gasteiger partial charge in [0.1, 0.15) is 0 Å². The van der Waals surface area contributed by atoms with Gasteiger partial charge in [-0.2, -0.15) is 0 Å². The smallest absolute Gasteiger partial charge is 0.253 e. The first kappa shape index (κ1) is 11.6. The van der Waals surface area contributed by atoms with Crippen molar-refractivity contribution in [2.45, 2.75) is 13.8 Å². The maximum Gasteiger partial charge on any atom is 0.253 e. The van der Waals surface area contributed by atoms with Crippen LogP contribution in [-0.4, -0.2) is 31.4 Å². The minimum absolute atomic E-state index is 0.0725. The Bertz CT molecular complexity index is 361. The van der Waals surface area contributed by atoms with Gasteiger partial charge >= 0.3 is 0 Å². The molecule has 0 heterocycles. The zero-order valence-electron chi connectivity index (χ0n) is 9.79. The molecule has 0 radical (unpaired) electrons. The summed E-state index contributed by atoms with van der Waals surface area (Å²) in [5, 5.41) is 3.08. The third-order valence-electron chi connectivity index (χ3n) is 2.56. The lowest BCUT2D eigenvalue weighted by Crippen LogP contribution is -2.26. The van der Waals surface area contributed by atoms with Crippen molar-refractivity contribution in [1.29, 1.82) is 0 Å². The molecule has 3 heteroatoms. The SMILES string of the molecule is CCN(C)C(=O)c1ccc(NC)c(C)c1. The molecule has 0 aliphatic rings. The number of anilines is 1. The molecule has 0 bridgehead atoms. The van der Waals surface area contributed by atoms with Crippen molar-refractivity contribution < 1.29 is 4.79 Å². The fraction of sp³-hybridized carbons (Fsp3) is 0.417. The summed E-state index contributed by atoms with van der Waals surface area (Å²) in [4.78, 5) is 13.5. The van der Waals surface area contributed by atoms with E-state index in [2.05, 4.69) is 5.32 Å². The van der Waals surface area contributed by atoms with Crippen LogP contribution >= 0.6 is 0 Å². The first-order valence-corrected chi connectivity index (χ1v) is 5.14. The molecule has 1 amide bonds. The topological polar surface area (TPSA) is 32.3 Å². The molecule has 15 heavy (non-hydrogen) atoms. The Kier molecular flexibility index (Phi) is 3.72. The Morgan fingerprint density at radius 3 is 2.60 bits per heavy atom. The molecule has 0 fully saturated rings. The van der Waals surface area contributed by atoms with Crippen molar-refractivity contribution in [3.63, 3.8) is 0 Å². The quantitative estimate of drug-likeness (QED) is 0.821. The van der Waals surface area contributed by atoms with E-state index in [1.54, 1.807) is 4.90 Å². The predicted octanol–water partition coefficient (Wildman–Crippen LogP) is 2.13. The zero-order valence-corrected chi connectivity index (χ0v) is 9.79. The highest BCUT2D eigenvalue weighted by Gasteiger charge is 2.10. The van der Waals surface area contributed by atoms with Gasteiger partial charge in [0.2, 0.25) is 0 Å². The molecule has 0 aliphatic heterocycles. The lowest BCUT2D eigenvalue weighted by molar-refractivity contribution is 0.0802. The lowest BCUT2D eigenvalue weighted by Gasteiger charge is -2.15. The van der Waals surface area contributed by atoms with Crippen LogP contribution in [0.5, 0.6) is 0 Å². The summed E-state index contributed by atoms with van der Waals surface area (Å²) in [6, 6.07) is 5.71. The van der Waals surface area contributed by atoms with Crippen LogP contribution in [0.25, 0.3) is 0 Å². The first-order valence-electron chi connectivity index (χ1n) is 5.14. The van der Waals surface area contributed by atoms with E-state index in [1.807, 2.05) is 46.1 Å². The van der Waals surface area contributed by atoms with Crippen LogP contribution in [-0.2, 0) is 0 Å². The van der Waals surface area contributed by atoms with Gasteiger partial charge in [0.05, 0.1) is 0 Å². The molecule has 1 aromatic rings. The second-order valence-corrected chi connectivity index (χ2v) is 3.60. The Morgan fingerprint density at radius 1 is 1.47 bits per heavy atom. The summed E-state index contributed by atoms with van der Waals surface area (Å²) in [7, 11) is 3.69. The maximum atomic E-state index is 11.8. The molecule has 0 saturated heterocycles. The summed E-state index contributed by atoms with van der Waals surface area (Å²) in [5.41, 5.74) is 2.90. The van der Waals surface area contributed by atoms with E-state index in [9.17, 15) is 4.79 Å². The van der Waals surface area contributed by atoms with E-state index < -0.39 is 0 Å². The van der Waals surface area contributed by atoms with Crippen LogP contribution in [0.2, 0.25) is 0 Å². The Morgan fingerprint density at radius 2 is 2.13 bits per heavy atom. The monoisotopic (exact) mass is 206 g/mol. The maximum absolute atomic E-state index is 11.8. The van der Waals surface area contributed by atoms with Crippen molar-refractivity contribution in [1.82, 2.24) is 4.90 Å². The van der Waals surface area contributed by atoms with E-state index in [0.29, 0.717) is 0 Å². The van der Waals surface area contributed by atoms with Crippen LogP contribution < -0.4 is 5.32 Å². The van der Waals surface area contributed by atoms with E-state index in [0.717, 1.165) is 23.4 Å². The van der Waals surface area contributed by atoms with Gasteiger partial charge in [-0.25, -0.2) is 0 Å². The summed E-state index contributed by atoms with van der Waals surface area (Å²) in [5.74, 6) is 0.0725. The van der Waals surface area contributed by atoms with Gasteiger partial charge in [-0.3, -0.25) is 4.79 Å². The highest BCUT2D eigenvalue weighted by atomic mass is 16.2. The molecule has 0 unspecified atom stereocenters. The van der Waals surface area contributed by atoms with Gasteiger partial charge in [-0.05, 0) is 37.6 Å². The zero-order chi connectivity index (χ0) is 11.4. The average molecular weight is 206 g/mol. The number of hydrogen-bond donors (Lipinski definition) is 1. The van der Waals surface area contributed by atoms with Gasteiger partial charge in [-0.1, -0.05) is 0 Å². The minimum atomic E-state index is 0.0725. The number of hydrogen-bond acceptors (Lipinski definition) is 2. The summed E-state index contributed by atoms with van der Waals surface area (Å²) < 4.78 is 0. The number of nitrogens with one attached hydrogen (secondary N) is 1. The highest BCUT2D eigenvalue weighted by molar-refractivity contribution is 5.94. The lowest BCUT2D eigenvalue weighted by atomic mass is 10.1. The van der Waals surface area contributed by atoms with Gasteiger partial charge in [0.15, 0.2) is 0 Å². The fourth-order valence-electron chi connectivity index (χ4n) is 1.44. The summed E-state index contributed by atoms with van der Waals surface area (Å²) in [6.07, 6.45) is 0. The van der Waals surface area contributed by atoms with Crippen LogP contribution in [0.1, 0.15) is 22.8 Å². The normalized spacial score (nSPS) is 9.87. The van der Waals surface area contributed by atoms with E-state index in [-0.39, 0.29) is 5.91 Å². The van der Waals surface area contributed by atoms with Crippen LogP contribution in [0.3, 0.4) is 0 Å². The van der Waals surface area contributed by atoms with Crippen LogP contribution in [0.15, 0.2) is 18.2 Å². The molecule has 1 rings (SSSR count). The van der Waals surface area contributed by atoms with Crippen molar-refractivity contribution >= 4 is 11.6 Å². The van der Waals surface area contributed by atoms with Crippen molar-refractivity contribution in [2.75, 3.05) is 26.0 Å². The number of carbonyl (C=O) groups is 1. The molecule has 3 nitrogen and oxygen atoms in total. The van der Waals surface area contributed by atoms with Crippen molar-refractivity contribution in [3.05, 3.63) is 29.3 Å². The second kappa shape index (κ2) is 4.82. The molecular weight excluding hydrogens is 188 g/mol. The average Bonchev–Trinajstić information content (AvgIpc) is 2.26. The predicted molar refractivity (Wildman–Crippen MR) is 63.4 cm³/mol. The van der Waals surface area contributed by atoms with Gasteiger partial charge in [0, 0.05) is 31.9 Å². The van der Waals surface area contributed by atoms with Gasteiger partial charge in [0.25, 0.3) is 5.91 Å². The molecular formula is C12H18N2O. The number of nitrogens with zero attached hydrogens (tertiary/aromatic N) is 1. The summed E-state index contributed by atoms with van der Waals surface area (Å²) in [6.45, 7) is 4.69. The molecule has 1 N–H and O–H groups in total. The number of benzene rings is 1. The number of rotatable bonds is 3. The number of carbonyl (C=O) groups excluding carboxylic acids is 1. The number of aryl methyl sites for hydroxylation is 1. The van der Waals surface area contributed by atoms with E-state index in [4.69, 9.17) is 0 Å². The first-order chi connectivity index (χ1) is 7.10. The third-order valence-corrected chi connectivity index (χ3v) is 2.56. The Hall–Kier alpha value is -1.51. The molecule has 1 aromatic carbocycles. The molecule has 0 saturated carbocycles. The Labute approximate surface area is 91.1 Å². The van der Waals surface area contributed by atoms with E-state index in [1.165, 1.54) is 0 Å². The van der Waals surface area contributed by atoms with Crippen molar-refractivity contribution in [3.8, 4) is 0 Å². The Balaban J connectivity index is 2.97. The molecule has 82 valence electrons. The minimum Gasteiger partial charge on any atom is -0.388 e. The van der Waals surface area contributed by atoms with Crippen LogP contribution in [0, 0.1) is 6.92 Å². The summed E-state index contributed by atoms with van der Waals surface area (Å²) >= 11 is 0. The van der Waals surface area contributed by atoms with Crippen molar-refractivity contribution in [2.24, 2.45) is 0 Å². The van der Waals surface area contributed by atoms with Gasteiger partial charge in [-0.15, -0.1) is 0 Å². The highest BCUT2D eigenvalue weighted by Crippen LogP contribution is 2.16. The standard InChI is InChI=1S/C12H18N2O/c1-5-14(4)12(15)10-6-7-11(13-3)9(2)8-10/h6-8,13H,5H2,1-4H3. The van der Waals surface area contributed by atoms with Gasteiger partial charge < -0.3 is 10.2 Å². The molecule has 0 atom stereocenters.